The summed E-state index contributed by atoms with van der Waals surface area (Å²) in [6.45, 7) is 3.65. The van der Waals surface area contributed by atoms with E-state index < -0.39 is 0 Å². The maximum absolute atomic E-state index is 13.1. The van der Waals surface area contributed by atoms with Crippen molar-refractivity contribution in [2.75, 3.05) is 6.54 Å². The quantitative estimate of drug-likeness (QED) is 0.813. The molecule has 0 atom stereocenters. The van der Waals surface area contributed by atoms with Gasteiger partial charge in [-0.15, -0.1) is 0 Å². The standard InChI is InChI=1S/C16H17BrFN/c1-12-3-2-4-13(9-12)7-8-19-11-14-10-15(18)5-6-16(14)17/h2-6,9-10,19H,7-8,11H2,1H3. The van der Waals surface area contributed by atoms with Crippen LogP contribution in [0.5, 0.6) is 0 Å². The van der Waals surface area contributed by atoms with Crippen molar-refractivity contribution in [1.82, 2.24) is 5.32 Å². The molecule has 0 bridgehead atoms. The van der Waals surface area contributed by atoms with Gasteiger partial charge in [-0.2, -0.15) is 0 Å². The Labute approximate surface area is 122 Å². The van der Waals surface area contributed by atoms with E-state index in [1.165, 1.54) is 17.2 Å². The summed E-state index contributed by atoms with van der Waals surface area (Å²) in [4.78, 5) is 0. The van der Waals surface area contributed by atoms with Crippen LogP contribution in [0.15, 0.2) is 46.9 Å². The number of nitrogens with one attached hydrogen (secondary N) is 1. The molecular weight excluding hydrogens is 305 g/mol. The first kappa shape index (κ1) is 14.2. The summed E-state index contributed by atoms with van der Waals surface area (Å²) in [5.41, 5.74) is 3.56. The Hall–Kier alpha value is -1.19. The van der Waals surface area contributed by atoms with Gasteiger partial charge >= 0.3 is 0 Å². The molecule has 0 heterocycles. The zero-order chi connectivity index (χ0) is 13.7. The Morgan fingerprint density at radius 2 is 2.00 bits per heavy atom. The van der Waals surface area contributed by atoms with Gasteiger partial charge in [-0.25, -0.2) is 4.39 Å². The van der Waals surface area contributed by atoms with E-state index in [0.29, 0.717) is 6.54 Å². The van der Waals surface area contributed by atoms with Crippen molar-refractivity contribution in [3.8, 4) is 0 Å². The van der Waals surface area contributed by atoms with Gasteiger partial charge in [0.25, 0.3) is 0 Å². The second kappa shape index (κ2) is 6.83. The summed E-state index contributed by atoms with van der Waals surface area (Å²) in [5, 5.41) is 3.34. The first-order valence-corrected chi connectivity index (χ1v) is 7.14. The minimum absolute atomic E-state index is 0.196. The van der Waals surface area contributed by atoms with Crippen LogP contribution >= 0.6 is 15.9 Å². The van der Waals surface area contributed by atoms with Crippen LogP contribution in [0.2, 0.25) is 0 Å². The van der Waals surface area contributed by atoms with Crippen molar-refractivity contribution < 1.29 is 4.39 Å². The molecule has 0 saturated heterocycles. The molecule has 3 heteroatoms. The molecule has 2 rings (SSSR count). The third-order valence-corrected chi connectivity index (χ3v) is 3.77. The van der Waals surface area contributed by atoms with Gasteiger partial charge in [-0.1, -0.05) is 45.8 Å². The number of halogens is 2. The van der Waals surface area contributed by atoms with Gasteiger partial charge in [0.2, 0.25) is 0 Å². The monoisotopic (exact) mass is 321 g/mol. The van der Waals surface area contributed by atoms with Crippen molar-refractivity contribution in [3.63, 3.8) is 0 Å². The summed E-state index contributed by atoms with van der Waals surface area (Å²) in [7, 11) is 0. The van der Waals surface area contributed by atoms with E-state index in [-0.39, 0.29) is 5.82 Å². The highest BCUT2D eigenvalue weighted by Gasteiger charge is 2.01. The largest absolute Gasteiger partial charge is 0.312 e. The lowest BCUT2D eigenvalue weighted by Crippen LogP contribution is -2.17. The van der Waals surface area contributed by atoms with Crippen LogP contribution < -0.4 is 5.32 Å². The SMILES string of the molecule is Cc1cccc(CCNCc2cc(F)ccc2Br)c1. The Morgan fingerprint density at radius 1 is 1.16 bits per heavy atom. The number of aryl methyl sites for hydroxylation is 1. The van der Waals surface area contributed by atoms with Crippen LogP contribution in [0, 0.1) is 12.7 Å². The van der Waals surface area contributed by atoms with Crippen LogP contribution in [0.3, 0.4) is 0 Å². The first-order valence-electron chi connectivity index (χ1n) is 6.35. The van der Waals surface area contributed by atoms with Gasteiger partial charge in [0.05, 0.1) is 0 Å². The summed E-state index contributed by atoms with van der Waals surface area (Å²) in [6, 6.07) is 13.3. The summed E-state index contributed by atoms with van der Waals surface area (Å²) >= 11 is 3.43. The normalized spacial score (nSPS) is 10.7. The van der Waals surface area contributed by atoms with E-state index in [9.17, 15) is 4.39 Å². The smallest absolute Gasteiger partial charge is 0.123 e. The molecule has 2 aromatic rings. The van der Waals surface area contributed by atoms with E-state index in [1.807, 2.05) is 0 Å². The third-order valence-electron chi connectivity index (χ3n) is 3.00. The van der Waals surface area contributed by atoms with Crippen molar-refractivity contribution in [1.29, 1.82) is 0 Å². The van der Waals surface area contributed by atoms with Crippen molar-refractivity contribution in [3.05, 3.63) is 69.4 Å². The Kier molecular flexibility index (Phi) is 5.11. The van der Waals surface area contributed by atoms with E-state index >= 15 is 0 Å². The van der Waals surface area contributed by atoms with E-state index in [0.717, 1.165) is 23.0 Å². The topological polar surface area (TPSA) is 12.0 Å². The average molecular weight is 322 g/mol. The number of hydrogen-bond acceptors (Lipinski definition) is 1. The second-order valence-corrected chi connectivity index (χ2v) is 5.51. The molecule has 0 amide bonds. The summed E-state index contributed by atoms with van der Waals surface area (Å²) in [5.74, 6) is -0.196. The number of benzene rings is 2. The van der Waals surface area contributed by atoms with Crippen LogP contribution in [-0.2, 0) is 13.0 Å². The molecule has 0 aliphatic rings. The van der Waals surface area contributed by atoms with Crippen molar-refractivity contribution in [2.45, 2.75) is 19.9 Å². The molecule has 1 N–H and O–H groups in total. The zero-order valence-electron chi connectivity index (χ0n) is 10.9. The number of rotatable bonds is 5. The van der Waals surface area contributed by atoms with E-state index in [1.54, 1.807) is 12.1 Å². The zero-order valence-corrected chi connectivity index (χ0v) is 12.5. The fourth-order valence-corrected chi connectivity index (χ4v) is 2.39. The molecule has 19 heavy (non-hydrogen) atoms. The molecule has 0 aromatic heterocycles. The molecule has 0 unspecified atom stereocenters. The minimum Gasteiger partial charge on any atom is -0.312 e. The second-order valence-electron chi connectivity index (χ2n) is 4.65. The Morgan fingerprint density at radius 3 is 2.79 bits per heavy atom. The lowest BCUT2D eigenvalue weighted by Gasteiger charge is -2.07. The van der Waals surface area contributed by atoms with Gasteiger partial charge in [0, 0.05) is 11.0 Å². The molecular formula is C16H17BrFN. The molecule has 0 fully saturated rings. The van der Waals surface area contributed by atoms with Gasteiger partial charge in [-0.05, 0) is 49.2 Å². The van der Waals surface area contributed by atoms with E-state index in [2.05, 4.69) is 52.4 Å². The number of hydrogen-bond donors (Lipinski definition) is 1. The maximum atomic E-state index is 13.1. The highest BCUT2D eigenvalue weighted by atomic mass is 79.9. The molecule has 0 spiro atoms. The molecule has 2 aromatic carbocycles. The van der Waals surface area contributed by atoms with E-state index in [4.69, 9.17) is 0 Å². The Bertz CT molecular complexity index is 554. The predicted octanol–water partition coefficient (Wildman–Crippen LogP) is 4.23. The maximum Gasteiger partial charge on any atom is 0.123 e. The molecule has 100 valence electrons. The minimum atomic E-state index is -0.196. The molecule has 0 aliphatic carbocycles. The highest BCUT2D eigenvalue weighted by Crippen LogP contribution is 2.17. The van der Waals surface area contributed by atoms with Crippen LogP contribution in [0.25, 0.3) is 0 Å². The fraction of sp³-hybridized carbons (Fsp3) is 0.250. The first-order chi connectivity index (χ1) is 9.15. The highest BCUT2D eigenvalue weighted by molar-refractivity contribution is 9.10. The molecule has 0 radical (unpaired) electrons. The Balaban J connectivity index is 1.82. The van der Waals surface area contributed by atoms with Gasteiger partial charge < -0.3 is 5.32 Å². The lowest BCUT2D eigenvalue weighted by molar-refractivity contribution is 0.619. The summed E-state index contributed by atoms with van der Waals surface area (Å²) < 4.78 is 14.1. The summed E-state index contributed by atoms with van der Waals surface area (Å²) in [6.07, 6.45) is 0.981. The average Bonchev–Trinajstić information content (AvgIpc) is 2.39. The van der Waals surface area contributed by atoms with Crippen molar-refractivity contribution >= 4 is 15.9 Å². The molecule has 1 nitrogen and oxygen atoms in total. The third kappa shape index (κ3) is 4.44. The van der Waals surface area contributed by atoms with Gasteiger partial charge in [0.1, 0.15) is 5.82 Å². The fourth-order valence-electron chi connectivity index (χ4n) is 2.00. The van der Waals surface area contributed by atoms with Crippen molar-refractivity contribution in [2.24, 2.45) is 0 Å². The van der Waals surface area contributed by atoms with Gasteiger partial charge in [0.15, 0.2) is 0 Å². The van der Waals surface area contributed by atoms with Crippen LogP contribution in [0.4, 0.5) is 4.39 Å². The lowest BCUT2D eigenvalue weighted by atomic mass is 10.1. The van der Waals surface area contributed by atoms with Crippen LogP contribution in [-0.4, -0.2) is 6.54 Å². The van der Waals surface area contributed by atoms with Crippen LogP contribution in [0.1, 0.15) is 16.7 Å². The van der Waals surface area contributed by atoms with Gasteiger partial charge in [-0.3, -0.25) is 0 Å². The molecule has 0 saturated carbocycles. The predicted molar refractivity (Wildman–Crippen MR) is 80.7 cm³/mol. The molecule has 0 aliphatic heterocycles.